The van der Waals surface area contributed by atoms with Crippen molar-refractivity contribution in [2.24, 2.45) is 0 Å². The van der Waals surface area contributed by atoms with Crippen molar-refractivity contribution in [1.29, 1.82) is 0 Å². The Bertz CT molecular complexity index is 433. The Morgan fingerprint density at radius 1 is 1.42 bits per heavy atom. The quantitative estimate of drug-likeness (QED) is 0.645. The minimum absolute atomic E-state index is 0.167. The van der Waals surface area contributed by atoms with Crippen molar-refractivity contribution in [3.05, 3.63) is 34.7 Å². The van der Waals surface area contributed by atoms with Crippen molar-refractivity contribution in [3.8, 4) is 0 Å². The maximum absolute atomic E-state index is 12.9. The van der Waals surface area contributed by atoms with Gasteiger partial charge in [-0.15, -0.1) is 0 Å². The summed E-state index contributed by atoms with van der Waals surface area (Å²) >= 11 is 5.73. The Morgan fingerprint density at radius 3 is 2.92 bits per heavy atom. The number of halogens is 2. The van der Waals surface area contributed by atoms with E-state index in [-0.39, 0.29) is 10.8 Å². The van der Waals surface area contributed by atoms with E-state index in [2.05, 4.69) is 4.98 Å². The Labute approximate surface area is 74.2 Å². The first-order chi connectivity index (χ1) is 5.70. The number of fused-ring (bicyclic) bond motifs is 1. The highest BCUT2D eigenvalue weighted by Gasteiger charge is 2.07. The van der Waals surface area contributed by atoms with E-state index < -0.39 is 0 Å². The third-order valence-electron chi connectivity index (χ3n) is 1.95. The van der Waals surface area contributed by atoms with Gasteiger partial charge in [0.05, 0.1) is 5.52 Å². The van der Waals surface area contributed by atoms with Gasteiger partial charge in [-0.3, -0.25) is 0 Å². The molecule has 0 aliphatic rings. The van der Waals surface area contributed by atoms with E-state index in [0.29, 0.717) is 5.52 Å². The predicted molar refractivity (Wildman–Crippen MR) is 48.0 cm³/mol. The summed E-state index contributed by atoms with van der Waals surface area (Å²) in [4.78, 5) is 2.92. The summed E-state index contributed by atoms with van der Waals surface area (Å²) in [7, 11) is 0. The number of benzene rings is 1. The number of nitrogens with one attached hydrogen (secondary N) is 1. The van der Waals surface area contributed by atoms with Crippen LogP contribution in [0.15, 0.2) is 18.3 Å². The van der Waals surface area contributed by atoms with E-state index in [1.54, 1.807) is 6.07 Å². The number of aryl methyl sites for hydroxylation is 1. The molecule has 0 amide bonds. The van der Waals surface area contributed by atoms with Crippen LogP contribution in [0.4, 0.5) is 4.39 Å². The number of H-pyrrole nitrogens is 1. The molecule has 0 fully saturated rings. The summed E-state index contributed by atoms with van der Waals surface area (Å²) in [6.07, 6.45) is 1.82. The molecule has 2 aromatic rings. The zero-order valence-corrected chi connectivity index (χ0v) is 7.24. The molecule has 0 unspecified atom stereocenters. The fourth-order valence-electron chi connectivity index (χ4n) is 1.28. The average Bonchev–Trinajstić information content (AvgIpc) is 2.41. The average molecular weight is 184 g/mol. The van der Waals surface area contributed by atoms with Crippen LogP contribution < -0.4 is 0 Å². The molecule has 1 N–H and O–H groups in total. The molecule has 2 rings (SSSR count). The van der Waals surface area contributed by atoms with Crippen LogP contribution >= 0.6 is 11.6 Å². The van der Waals surface area contributed by atoms with Gasteiger partial charge in [-0.05, 0) is 24.6 Å². The van der Waals surface area contributed by atoms with Gasteiger partial charge in [-0.2, -0.15) is 0 Å². The molecule has 0 spiro atoms. The second-order valence-corrected chi connectivity index (χ2v) is 3.13. The molecule has 0 aliphatic carbocycles. The number of aromatic nitrogens is 1. The Balaban J connectivity index is 2.93. The van der Waals surface area contributed by atoms with E-state index in [9.17, 15) is 4.39 Å². The number of rotatable bonds is 0. The summed E-state index contributed by atoms with van der Waals surface area (Å²) in [5.74, 6) is -0.383. The van der Waals surface area contributed by atoms with Crippen LogP contribution in [0.2, 0.25) is 5.02 Å². The Morgan fingerprint density at radius 2 is 2.17 bits per heavy atom. The molecule has 0 saturated heterocycles. The molecule has 0 saturated carbocycles. The molecule has 12 heavy (non-hydrogen) atoms. The largest absolute Gasteiger partial charge is 0.360 e. The molecular weight excluding hydrogens is 177 g/mol. The number of hydrogen-bond donors (Lipinski definition) is 1. The van der Waals surface area contributed by atoms with Gasteiger partial charge in [0, 0.05) is 11.6 Å². The molecule has 0 atom stereocenters. The fraction of sp³-hybridized carbons (Fsp3) is 0.111. The molecule has 0 bridgehead atoms. The summed E-state index contributed by atoms with van der Waals surface area (Å²) in [5.41, 5.74) is 1.75. The SMILES string of the molecule is Cc1c[nH]c2c(Cl)c(F)ccc12. The zero-order valence-electron chi connectivity index (χ0n) is 6.49. The first-order valence-electron chi connectivity index (χ1n) is 3.62. The summed E-state index contributed by atoms with van der Waals surface area (Å²) in [5, 5.41) is 1.14. The second kappa shape index (κ2) is 2.49. The number of hydrogen-bond acceptors (Lipinski definition) is 0. The topological polar surface area (TPSA) is 15.8 Å². The summed E-state index contributed by atoms with van der Waals surface area (Å²) in [6.45, 7) is 1.95. The van der Waals surface area contributed by atoms with Gasteiger partial charge in [0.2, 0.25) is 0 Å². The highest BCUT2D eigenvalue weighted by atomic mass is 35.5. The lowest BCUT2D eigenvalue weighted by atomic mass is 10.2. The first-order valence-corrected chi connectivity index (χ1v) is 3.99. The van der Waals surface area contributed by atoms with Gasteiger partial charge < -0.3 is 4.98 Å². The van der Waals surface area contributed by atoms with Gasteiger partial charge in [-0.25, -0.2) is 4.39 Å². The van der Waals surface area contributed by atoms with Crippen LogP contribution in [-0.2, 0) is 0 Å². The van der Waals surface area contributed by atoms with Crippen molar-refractivity contribution in [1.82, 2.24) is 4.98 Å². The zero-order chi connectivity index (χ0) is 8.72. The second-order valence-electron chi connectivity index (χ2n) is 2.76. The van der Waals surface area contributed by atoms with E-state index in [0.717, 1.165) is 10.9 Å². The third-order valence-corrected chi connectivity index (χ3v) is 2.32. The van der Waals surface area contributed by atoms with Crippen LogP contribution in [0.3, 0.4) is 0 Å². The molecule has 1 heterocycles. The van der Waals surface area contributed by atoms with Gasteiger partial charge in [0.15, 0.2) is 0 Å². The fourth-order valence-corrected chi connectivity index (χ4v) is 1.50. The van der Waals surface area contributed by atoms with Crippen molar-refractivity contribution in [3.63, 3.8) is 0 Å². The molecule has 1 aromatic carbocycles. The van der Waals surface area contributed by atoms with Crippen LogP contribution in [0.1, 0.15) is 5.56 Å². The summed E-state index contributed by atoms with van der Waals surface area (Å²) in [6, 6.07) is 3.11. The van der Waals surface area contributed by atoms with E-state index >= 15 is 0 Å². The normalized spacial score (nSPS) is 10.9. The van der Waals surface area contributed by atoms with Crippen molar-refractivity contribution < 1.29 is 4.39 Å². The highest BCUT2D eigenvalue weighted by Crippen LogP contribution is 2.26. The Kier molecular flexibility index (Phi) is 1.58. The lowest BCUT2D eigenvalue weighted by Crippen LogP contribution is -1.77. The van der Waals surface area contributed by atoms with Gasteiger partial charge >= 0.3 is 0 Å². The van der Waals surface area contributed by atoms with Crippen LogP contribution in [0, 0.1) is 12.7 Å². The molecule has 0 radical (unpaired) electrons. The lowest BCUT2D eigenvalue weighted by Gasteiger charge is -1.95. The van der Waals surface area contributed by atoms with E-state index in [1.165, 1.54) is 6.07 Å². The van der Waals surface area contributed by atoms with Crippen LogP contribution in [0.5, 0.6) is 0 Å². The lowest BCUT2D eigenvalue weighted by molar-refractivity contribution is 0.630. The van der Waals surface area contributed by atoms with E-state index in [4.69, 9.17) is 11.6 Å². The molecule has 1 aromatic heterocycles. The smallest absolute Gasteiger partial charge is 0.143 e. The summed E-state index contributed by atoms with van der Waals surface area (Å²) < 4.78 is 12.9. The first kappa shape index (κ1) is 7.62. The molecule has 0 aliphatic heterocycles. The predicted octanol–water partition coefficient (Wildman–Crippen LogP) is 3.27. The monoisotopic (exact) mass is 183 g/mol. The standard InChI is InChI=1S/C9H7ClFN/c1-5-4-12-9-6(5)2-3-7(11)8(9)10/h2-4,12H,1H3. The maximum Gasteiger partial charge on any atom is 0.143 e. The molecule has 1 nitrogen and oxygen atoms in total. The number of aromatic amines is 1. The van der Waals surface area contributed by atoms with Crippen molar-refractivity contribution in [2.75, 3.05) is 0 Å². The van der Waals surface area contributed by atoms with Gasteiger partial charge in [0.25, 0.3) is 0 Å². The van der Waals surface area contributed by atoms with Gasteiger partial charge in [0.1, 0.15) is 10.8 Å². The minimum Gasteiger partial charge on any atom is -0.360 e. The minimum atomic E-state index is -0.383. The van der Waals surface area contributed by atoms with E-state index in [1.807, 2.05) is 13.1 Å². The maximum atomic E-state index is 12.9. The van der Waals surface area contributed by atoms with Crippen LogP contribution in [0.25, 0.3) is 10.9 Å². The van der Waals surface area contributed by atoms with Crippen molar-refractivity contribution >= 4 is 22.5 Å². The van der Waals surface area contributed by atoms with Gasteiger partial charge in [-0.1, -0.05) is 11.6 Å². The molecule has 3 heteroatoms. The van der Waals surface area contributed by atoms with Crippen LogP contribution in [-0.4, -0.2) is 4.98 Å². The highest BCUT2D eigenvalue weighted by molar-refractivity contribution is 6.35. The Hall–Kier alpha value is -1.02. The third kappa shape index (κ3) is 0.916. The molecule has 62 valence electrons. The van der Waals surface area contributed by atoms with Crippen molar-refractivity contribution in [2.45, 2.75) is 6.92 Å². The molecular formula is C9H7ClFN.